The highest BCUT2D eigenvalue weighted by molar-refractivity contribution is 5.28. The largest absolute Gasteiger partial charge is 0.329 e. The number of unbranched alkanes of at least 4 members (excludes halogenated alkanes) is 3. The van der Waals surface area contributed by atoms with Crippen LogP contribution in [-0.4, -0.2) is 24.0 Å². The second-order valence-corrected chi connectivity index (χ2v) is 6.08. The molecular formula is C18H30N2. The first-order chi connectivity index (χ1) is 9.85. The van der Waals surface area contributed by atoms with Gasteiger partial charge >= 0.3 is 0 Å². The van der Waals surface area contributed by atoms with E-state index in [9.17, 15) is 0 Å². The third-order valence-corrected chi connectivity index (χ3v) is 4.56. The first kappa shape index (κ1) is 15.5. The van der Waals surface area contributed by atoms with Crippen molar-refractivity contribution in [3.63, 3.8) is 0 Å². The monoisotopic (exact) mass is 274 g/mol. The van der Waals surface area contributed by atoms with E-state index in [1.165, 1.54) is 62.6 Å². The second-order valence-electron chi connectivity index (χ2n) is 6.08. The van der Waals surface area contributed by atoms with Crippen molar-refractivity contribution in [3.05, 3.63) is 35.4 Å². The van der Waals surface area contributed by atoms with Crippen LogP contribution in [0.15, 0.2) is 24.3 Å². The summed E-state index contributed by atoms with van der Waals surface area (Å²) in [5.41, 5.74) is 9.10. The summed E-state index contributed by atoms with van der Waals surface area (Å²) in [5, 5.41) is 0. The number of nitrogens with two attached hydrogens (primary N) is 1. The van der Waals surface area contributed by atoms with Gasteiger partial charge in [-0.1, -0.05) is 56.9 Å². The molecule has 0 fully saturated rings. The van der Waals surface area contributed by atoms with Gasteiger partial charge in [0, 0.05) is 19.1 Å². The van der Waals surface area contributed by atoms with Gasteiger partial charge in [-0.2, -0.15) is 0 Å². The van der Waals surface area contributed by atoms with Crippen LogP contribution in [0.5, 0.6) is 0 Å². The van der Waals surface area contributed by atoms with Crippen LogP contribution < -0.4 is 5.73 Å². The fourth-order valence-electron chi connectivity index (χ4n) is 3.29. The lowest BCUT2D eigenvalue weighted by Crippen LogP contribution is -2.40. The highest BCUT2D eigenvalue weighted by Crippen LogP contribution is 2.21. The van der Waals surface area contributed by atoms with Gasteiger partial charge in [0.2, 0.25) is 0 Å². The van der Waals surface area contributed by atoms with Crippen molar-refractivity contribution in [3.8, 4) is 0 Å². The summed E-state index contributed by atoms with van der Waals surface area (Å²) in [4.78, 5) is 2.62. The number of hydrogen-bond donors (Lipinski definition) is 1. The minimum atomic E-state index is 0.568. The summed E-state index contributed by atoms with van der Waals surface area (Å²) in [5.74, 6) is 0. The van der Waals surface area contributed by atoms with E-state index in [1.54, 1.807) is 0 Å². The number of hydrogen-bond acceptors (Lipinski definition) is 2. The third-order valence-electron chi connectivity index (χ3n) is 4.56. The SMILES string of the molecule is CCCCCCC(CN)N1CCCc2ccccc2C1. The zero-order valence-electron chi connectivity index (χ0n) is 13.0. The Kier molecular flexibility index (Phi) is 6.55. The third kappa shape index (κ3) is 4.32. The van der Waals surface area contributed by atoms with E-state index < -0.39 is 0 Å². The Balaban J connectivity index is 1.93. The second kappa shape index (κ2) is 8.43. The minimum absolute atomic E-state index is 0.568. The Labute approximate surface area is 124 Å². The van der Waals surface area contributed by atoms with Crippen molar-refractivity contribution in [2.45, 2.75) is 64.5 Å². The highest BCUT2D eigenvalue weighted by Gasteiger charge is 2.20. The Bertz CT molecular complexity index is 389. The molecule has 20 heavy (non-hydrogen) atoms. The van der Waals surface area contributed by atoms with Gasteiger partial charge in [-0.15, -0.1) is 0 Å². The zero-order chi connectivity index (χ0) is 14.2. The highest BCUT2D eigenvalue weighted by atomic mass is 15.2. The average molecular weight is 274 g/mol. The van der Waals surface area contributed by atoms with Crippen LogP contribution in [0.3, 0.4) is 0 Å². The summed E-state index contributed by atoms with van der Waals surface area (Å²) in [7, 11) is 0. The standard InChI is InChI=1S/C18H30N2/c1-2-3-4-5-12-18(14-19)20-13-8-11-16-9-6-7-10-17(16)15-20/h6-7,9-10,18H,2-5,8,11-15,19H2,1H3. The van der Waals surface area contributed by atoms with Crippen molar-refractivity contribution in [1.29, 1.82) is 0 Å². The van der Waals surface area contributed by atoms with Crippen molar-refractivity contribution in [1.82, 2.24) is 4.90 Å². The molecule has 2 nitrogen and oxygen atoms in total. The van der Waals surface area contributed by atoms with Gasteiger partial charge in [-0.3, -0.25) is 4.90 Å². The molecule has 112 valence electrons. The normalized spacial score (nSPS) is 17.5. The van der Waals surface area contributed by atoms with Crippen molar-refractivity contribution >= 4 is 0 Å². The van der Waals surface area contributed by atoms with Crippen LogP contribution in [0.4, 0.5) is 0 Å². The van der Waals surface area contributed by atoms with Crippen LogP contribution in [0.25, 0.3) is 0 Å². The molecule has 0 spiro atoms. The van der Waals surface area contributed by atoms with Crippen LogP contribution in [0, 0.1) is 0 Å². The van der Waals surface area contributed by atoms with Crippen LogP contribution in [0.2, 0.25) is 0 Å². The molecule has 0 saturated heterocycles. The molecule has 1 heterocycles. The summed E-state index contributed by atoms with van der Waals surface area (Å²) < 4.78 is 0. The molecule has 1 unspecified atom stereocenters. The van der Waals surface area contributed by atoms with E-state index >= 15 is 0 Å². The molecule has 1 aliphatic heterocycles. The van der Waals surface area contributed by atoms with E-state index in [1.807, 2.05) is 0 Å². The first-order valence-electron chi connectivity index (χ1n) is 8.36. The van der Waals surface area contributed by atoms with E-state index in [4.69, 9.17) is 5.73 Å². The summed E-state index contributed by atoms with van der Waals surface area (Å²) >= 11 is 0. The van der Waals surface area contributed by atoms with Gasteiger partial charge in [-0.05, 0) is 36.9 Å². The molecule has 1 aromatic rings. The Morgan fingerprint density at radius 3 is 2.70 bits per heavy atom. The molecule has 0 bridgehead atoms. The molecule has 1 aromatic carbocycles. The van der Waals surface area contributed by atoms with Crippen molar-refractivity contribution in [2.75, 3.05) is 13.1 Å². The molecule has 2 N–H and O–H groups in total. The molecule has 0 aliphatic carbocycles. The molecule has 0 radical (unpaired) electrons. The van der Waals surface area contributed by atoms with Gasteiger partial charge in [0.15, 0.2) is 0 Å². The molecule has 1 atom stereocenters. The minimum Gasteiger partial charge on any atom is -0.329 e. The number of fused-ring (bicyclic) bond motifs is 1. The van der Waals surface area contributed by atoms with Crippen LogP contribution in [-0.2, 0) is 13.0 Å². The average Bonchev–Trinajstić information content (AvgIpc) is 2.69. The fraction of sp³-hybridized carbons (Fsp3) is 0.667. The zero-order valence-corrected chi connectivity index (χ0v) is 13.0. The van der Waals surface area contributed by atoms with Gasteiger partial charge < -0.3 is 5.73 Å². The smallest absolute Gasteiger partial charge is 0.0239 e. The molecule has 0 aromatic heterocycles. The number of nitrogens with zero attached hydrogens (tertiary/aromatic N) is 1. The predicted octanol–water partition coefficient (Wildman–Crippen LogP) is 3.73. The maximum absolute atomic E-state index is 6.05. The quantitative estimate of drug-likeness (QED) is 0.768. The van der Waals surface area contributed by atoms with E-state index in [0.717, 1.165) is 13.1 Å². The molecule has 1 aliphatic rings. The molecule has 0 amide bonds. The van der Waals surface area contributed by atoms with Gasteiger partial charge in [0.25, 0.3) is 0 Å². The Morgan fingerprint density at radius 1 is 1.15 bits per heavy atom. The molecule has 2 heteroatoms. The maximum atomic E-state index is 6.05. The summed E-state index contributed by atoms with van der Waals surface area (Å²) in [6.45, 7) is 5.36. The number of aryl methyl sites for hydroxylation is 1. The van der Waals surface area contributed by atoms with Crippen LogP contribution in [0.1, 0.15) is 56.6 Å². The summed E-state index contributed by atoms with van der Waals surface area (Å²) in [6.07, 6.45) is 9.11. The van der Waals surface area contributed by atoms with E-state index in [2.05, 4.69) is 36.1 Å². The summed E-state index contributed by atoms with van der Waals surface area (Å²) in [6, 6.07) is 9.48. The lowest BCUT2D eigenvalue weighted by Gasteiger charge is -2.30. The Hall–Kier alpha value is -0.860. The van der Waals surface area contributed by atoms with Crippen LogP contribution >= 0.6 is 0 Å². The van der Waals surface area contributed by atoms with E-state index in [0.29, 0.717) is 6.04 Å². The lowest BCUT2D eigenvalue weighted by molar-refractivity contribution is 0.181. The number of rotatable bonds is 7. The number of benzene rings is 1. The predicted molar refractivity (Wildman–Crippen MR) is 86.8 cm³/mol. The van der Waals surface area contributed by atoms with Gasteiger partial charge in [-0.25, -0.2) is 0 Å². The molecule has 2 rings (SSSR count). The molecule has 0 saturated carbocycles. The fourth-order valence-corrected chi connectivity index (χ4v) is 3.29. The Morgan fingerprint density at radius 2 is 1.95 bits per heavy atom. The lowest BCUT2D eigenvalue weighted by atomic mass is 10.0. The van der Waals surface area contributed by atoms with Crippen molar-refractivity contribution < 1.29 is 0 Å². The van der Waals surface area contributed by atoms with E-state index in [-0.39, 0.29) is 0 Å². The molecular weight excluding hydrogens is 244 g/mol. The van der Waals surface area contributed by atoms with Gasteiger partial charge in [0.1, 0.15) is 0 Å². The first-order valence-corrected chi connectivity index (χ1v) is 8.36. The van der Waals surface area contributed by atoms with Crippen molar-refractivity contribution in [2.24, 2.45) is 5.73 Å². The van der Waals surface area contributed by atoms with Gasteiger partial charge in [0.05, 0.1) is 0 Å². The topological polar surface area (TPSA) is 29.3 Å². The maximum Gasteiger partial charge on any atom is 0.0239 e.